The van der Waals surface area contributed by atoms with Gasteiger partial charge < -0.3 is 5.32 Å². The molecule has 3 amide bonds. The molecule has 0 unspecified atom stereocenters. The minimum absolute atomic E-state index is 0.135. The van der Waals surface area contributed by atoms with E-state index < -0.39 is 0 Å². The minimum Gasteiger partial charge on any atom is -0.354 e. The molecule has 0 saturated carbocycles. The molecule has 1 saturated heterocycles. The Hall–Kier alpha value is -1.91. The zero-order valence-corrected chi connectivity index (χ0v) is 13.4. The fraction of sp³-hybridized carbons (Fsp3) is 0.611. The summed E-state index contributed by atoms with van der Waals surface area (Å²) in [5.41, 5.74) is 1.40. The second-order valence-electron chi connectivity index (χ2n) is 6.63. The van der Waals surface area contributed by atoms with Crippen molar-refractivity contribution in [3.05, 3.63) is 23.8 Å². The predicted molar refractivity (Wildman–Crippen MR) is 86.3 cm³/mol. The van der Waals surface area contributed by atoms with Crippen LogP contribution in [0.25, 0.3) is 0 Å². The summed E-state index contributed by atoms with van der Waals surface area (Å²) in [4.78, 5) is 37.8. The fourth-order valence-corrected chi connectivity index (χ4v) is 3.72. The lowest BCUT2D eigenvalue weighted by Crippen LogP contribution is -2.41. The Morgan fingerprint density at radius 1 is 1.13 bits per heavy atom. The SMILES string of the molecule is O=C(CN1C(=O)[C@@H]2CC=CC[C@H]2C1=O)NCCC1=CCCCC1. The average Bonchev–Trinajstić information content (AvgIpc) is 2.81. The van der Waals surface area contributed by atoms with Gasteiger partial charge in [0.1, 0.15) is 6.54 Å². The highest BCUT2D eigenvalue weighted by Gasteiger charge is 2.47. The van der Waals surface area contributed by atoms with E-state index in [0.717, 1.165) is 24.2 Å². The van der Waals surface area contributed by atoms with Gasteiger partial charge in [0.2, 0.25) is 17.7 Å². The minimum atomic E-state index is -0.257. The largest absolute Gasteiger partial charge is 0.354 e. The summed E-state index contributed by atoms with van der Waals surface area (Å²) in [5, 5.41) is 2.84. The highest BCUT2D eigenvalue weighted by molar-refractivity contribution is 6.07. The smallest absolute Gasteiger partial charge is 0.240 e. The molecule has 1 heterocycles. The van der Waals surface area contributed by atoms with Gasteiger partial charge in [-0.15, -0.1) is 0 Å². The molecule has 2 aliphatic carbocycles. The molecule has 0 aromatic heterocycles. The van der Waals surface area contributed by atoms with Crippen LogP contribution in [-0.4, -0.2) is 35.7 Å². The van der Waals surface area contributed by atoms with Gasteiger partial charge in [-0.3, -0.25) is 19.3 Å². The molecule has 5 nitrogen and oxygen atoms in total. The zero-order chi connectivity index (χ0) is 16.2. The third kappa shape index (κ3) is 3.54. The molecule has 3 rings (SSSR count). The summed E-state index contributed by atoms with van der Waals surface area (Å²) in [6.45, 7) is 0.443. The summed E-state index contributed by atoms with van der Waals surface area (Å²) in [6, 6.07) is 0. The van der Waals surface area contributed by atoms with Gasteiger partial charge in [-0.2, -0.15) is 0 Å². The van der Waals surface area contributed by atoms with Crippen molar-refractivity contribution in [2.24, 2.45) is 11.8 Å². The maximum Gasteiger partial charge on any atom is 0.240 e. The Bertz CT molecular complexity index is 539. The van der Waals surface area contributed by atoms with Crippen LogP contribution in [0.5, 0.6) is 0 Å². The van der Waals surface area contributed by atoms with E-state index in [9.17, 15) is 14.4 Å². The maximum atomic E-state index is 12.3. The Morgan fingerprint density at radius 2 is 1.83 bits per heavy atom. The number of carbonyl (C=O) groups is 3. The number of amides is 3. The highest BCUT2D eigenvalue weighted by Crippen LogP contribution is 2.34. The van der Waals surface area contributed by atoms with Crippen molar-refractivity contribution in [1.29, 1.82) is 0 Å². The molecule has 5 heteroatoms. The molecule has 1 N–H and O–H groups in total. The lowest BCUT2D eigenvalue weighted by Gasteiger charge is -2.16. The standard InChI is InChI=1S/C18H24N2O3/c21-16(19-11-10-13-6-2-1-3-7-13)12-20-17(22)14-8-4-5-9-15(14)18(20)23/h4-6,14-15H,1-3,7-12H2,(H,19,21)/t14-,15-/m1/s1. The summed E-state index contributed by atoms with van der Waals surface area (Å²) in [6.07, 6.45) is 13.0. The molecule has 124 valence electrons. The molecule has 0 aromatic rings. The van der Waals surface area contributed by atoms with Crippen molar-refractivity contribution in [2.75, 3.05) is 13.1 Å². The predicted octanol–water partition coefficient (Wildman–Crippen LogP) is 1.94. The van der Waals surface area contributed by atoms with Gasteiger partial charge in [0.05, 0.1) is 11.8 Å². The molecule has 23 heavy (non-hydrogen) atoms. The molecular weight excluding hydrogens is 292 g/mol. The van der Waals surface area contributed by atoms with Crippen molar-refractivity contribution >= 4 is 17.7 Å². The van der Waals surface area contributed by atoms with Crippen molar-refractivity contribution < 1.29 is 14.4 Å². The summed E-state index contributed by atoms with van der Waals surface area (Å²) < 4.78 is 0. The first-order chi connectivity index (χ1) is 11.2. The van der Waals surface area contributed by atoms with Crippen molar-refractivity contribution in [3.8, 4) is 0 Å². The highest BCUT2D eigenvalue weighted by atomic mass is 16.2. The average molecular weight is 316 g/mol. The summed E-state index contributed by atoms with van der Waals surface area (Å²) >= 11 is 0. The van der Waals surface area contributed by atoms with E-state index in [1.54, 1.807) is 0 Å². The number of likely N-dealkylation sites (tertiary alicyclic amines) is 1. The van der Waals surface area contributed by atoms with E-state index in [4.69, 9.17) is 0 Å². The first-order valence-corrected chi connectivity index (χ1v) is 8.61. The Morgan fingerprint density at radius 3 is 2.43 bits per heavy atom. The van der Waals surface area contributed by atoms with Gasteiger partial charge in [-0.05, 0) is 44.9 Å². The van der Waals surface area contributed by atoms with E-state index in [1.807, 2.05) is 12.2 Å². The van der Waals surface area contributed by atoms with E-state index in [-0.39, 0.29) is 36.1 Å². The van der Waals surface area contributed by atoms with Crippen molar-refractivity contribution in [1.82, 2.24) is 10.2 Å². The van der Waals surface area contributed by atoms with Crippen LogP contribution in [0.4, 0.5) is 0 Å². The van der Waals surface area contributed by atoms with Crippen LogP contribution in [0.1, 0.15) is 44.9 Å². The van der Waals surface area contributed by atoms with Crippen LogP contribution in [0, 0.1) is 11.8 Å². The first-order valence-electron chi connectivity index (χ1n) is 8.61. The number of rotatable bonds is 5. The van der Waals surface area contributed by atoms with Crippen LogP contribution in [0.3, 0.4) is 0 Å². The number of nitrogens with zero attached hydrogens (tertiary/aromatic N) is 1. The Labute approximate surface area is 136 Å². The van der Waals surface area contributed by atoms with Gasteiger partial charge in [-0.1, -0.05) is 23.8 Å². The quantitative estimate of drug-likeness (QED) is 0.623. The van der Waals surface area contributed by atoms with Gasteiger partial charge in [-0.25, -0.2) is 0 Å². The normalized spacial score (nSPS) is 27.0. The molecule has 1 aliphatic heterocycles. The summed E-state index contributed by atoms with van der Waals surface area (Å²) in [7, 11) is 0. The first kappa shape index (κ1) is 16.0. The van der Waals surface area contributed by atoms with E-state index >= 15 is 0 Å². The number of hydrogen-bond donors (Lipinski definition) is 1. The van der Waals surface area contributed by atoms with Crippen molar-refractivity contribution in [3.63, 3.8) is 0 Å². The molecular formula is C18H24N2O3. The molecule has 2 atom stereocenters. The number of allylic oxidation sites excluding steroid dienone is 3. The van der Waals surface area contributed by atoms with Crippen molar-refractivity contribution in [2.45, 2.75) is 44.9 Å². The molecule has 0 radical (unpaired) electrons. The molecule has 0 bridgehead atoms. The van der Waals surface area contributed by atoms with E-state index in [2.05, 4.69) is 11.4 Å². The number of nitrogens with one attached hydrogen (secondary N) is 1. The van der Waals surface area contributed by atoms with Crippen LogP contribution in [0.15, 0.2) is 23.8 Å². The third-order valence-electron chi connectivity index (χ3n) is 5.05. The molecule has 0 spiro atoms. The van der Waals surface area contributed by atoms with Crippen LogP contribution in [-0.2, 0) is 14.4 Å². The second kappa shape index (κ2) is 7.11. The van der Waals surface area contributed by atoms with E-state index in [0.29, 0.717) is 19.4 Å². The molecule has 1 fully saturated rings. The van der Waals surface area contributed by atoms with Crippen LogP contribution >= 0.6 is 0 Å². The van der Waals surface area contributed by atoms with Crippen LogP contribution < -0.4 is 5.32 Å². The number of carbonyl (C=O) groups excluding carboxylic acids is 3. The van der Waals surface area contributed by atoms with Crippen LogP contribution in [0.2, 0.25) is 0 Å². The molecule has 3 aliphatic rings. The monoisotopic (exact) mass is 316 g/mol. The zero-order valence-electron chi connectivity index (χ0n) is 13.4. The maximum absolute atomic E-state index is 12.3. The van der Waals surface area contributed by atoms with Gasteiger partial charge in [0.15, 0.2) is 0 Å². The van der Waals surface area contributed by atoms with Gasteiger partial charge >= 0.3 is 0 Å². The topological polar surface area (TPSA) is 66.5 Å². The Kier molecular flexibility index (Phi) is 4.94. The lowest BCUT2D eigenvalue weighted by molar-refractivity contribution is -0.143. The lowest BCUT2D eigenvalue weighted by atomic mass is 9.85. The second-order valence-corrected chi connectivity index (χ2v) is 6.63. The number of imide groups is 1. The van der Waals surface area contributed by atoms with Gasteiger partial charge in [0.25, 0.3) is 0 Å². The fourth-order valence-electron chi connectivity index (χ4n) is 3.72. The van der Waals surface area contributed by atoms with E-state index in [1.165, 1.54) is 18.4 Å². The number of hydrogen-bond acceptors (Lipinski definition) is 3. The molecule has 0 aromatic carbocycles. The summed E-state index contributed by atoms with van der Waals surface area (Å²) in [5.74, 6) is -1.13. The van der Waals surface area contributed by atoms with Gasteiger partial charge in [0, 0.05) is 6.54 Å². The number of fused-ring (bicyclic) bond motifs is 1. The third-order valence-corrected chi connectivity index (χ3v) is 5.05. The Balaban J connectivity index is 1.47.